The predicted octanol–water partition coefficient (Wildman–Crippen LogP) is 2.31. The van der Waals surface area contributed by atoms with Crippen molar-refractivity contribution in [1.82, 2.24) is 9.78 Å². The SMILES string of the molecule is CS(=O)(=O)c1ccc(C(=O)C2C(=O)CCCC2=O)c([N+](=O)[O-])c1.Cc1c(C(=O)c2cnn(C)c2O)ccc(S(C)(=O)=O)c1C1=NOCC1. The van der Waals surface area contributed by atoms with E-state index in [1.54, 1.807) is 6.92 Å². The number of ketones is 4. The van der Waals surface area contributed by atoms with Crippen LogP contribution in [0.2, 0.25) is 0 Å². The van der Waals surface area contributed by atoms with E-state index in [0.717, 1.165) is 30.7 Å². The van der Waals surface area contributed by atoms with Crippen LogP contribution in [0.5, 0.6) is 5.88 Å². The summed E-state index contributed by atoms with van der Waals surface area (Å²) in [6.07, 6.45) is 4.21. The summed E-state index contributed by atoms with van der Waals surface area (Å²) in [5.74, 6) is -4.30. The van der Waals surface area contributed by atoms with Crippen molar-refractivity contribution in [2.24, 2.45) is 18.1 Å². The number of nitro groups is 1. The molecule has 1 aliphatic carbocycles. The molecule has 0 atom stereocenters. The molecule has 18 heteroatoms. The third-order valence-electron chi connectivity index (χ3n) is 7.73. The minimum atomic E-state index is -3.70. The van der Waals surface area contributed by atoms with Crippen LogP contribution in [0, 0.1) is 23.0 Å². The van der Waals surface area contributed by atoms with Crippen LogP contribution in [-0.4, -0.2) is 84.6 Å². The van der Waals surface area contributed by atoms with Gasteiger partial charge in [0, 0.05) is 56.0 Å². The van der Waals surface area contributed by atoms with E-state index in [0.29, 0.717) is 36.3 Å². The molecule has 0 unspecified atom stereocenters. The Kier molecular flexibility index (Phi) is 10.1. The lowest BCUT2D eigenvalue weighted by atomic mass is 9.81. The molecule has 2 heterocycles. The largest absolute Gasteiger partial charge is 0.493 e. The zero-order chi connectivity index (χ0) is 35.7. The van der Waals surface area contributed by atoms with Gasteiger partial charge in [0.2, 0.25) is 5.88 Å². The summed E-state index contributed by atoms with van der Waals surface area (Å²) >= 11 is 0. The average molecular weight is 703 g/mol. The number of carbonyl (C=O) groups is 4. The molecule has 0 amide bonds. The molecule has 0 bridgehead atoms. The first-order chi connectivity index (χ1) is 22.3. The van der Waals surface area contributed by atoms with Crippen molar-refractivity contribution in [3.05, 3.63) is 74.5 Å². The van der Waals surface area contributed by atoms with Gasteiger partial charge in [-0.1, -0.05) is 5.16 Å². The molecule has 254 valence electrons. The van der Waals surface area contributed by atoms with Crippen LogP contribution in [0.4, 0.5) is 5.69 Å². The molecule has 2 aliphatic rings. The van der Waals surface area contributed by atoms with E-state index < -0.39 is 64.9 Å². The summed E-state index contributed by atoms with van der Waals surface area (Å²) in [5.41, 5.74) is 0.506. The van der Waals surface area contributed by atoms with Crippen molar-refractivity contribution in [1.29, 1.82) is 0 Å². The number of Topliss-reactive ketones (excluding diaryl/α,β-unsaturated/α-hetero) is 3. The van der Waals surface area contributed by atoms with Gasteiger partial charge >= 0.3 is 0 Å². The summed E-state index contributed by atoms with van der Waals surface area (Å²) in [5, 5.41) is 28.9. The molecule has 0 spiro atoms. The standard InChI is InChI=1S/C16H17N3O5S.C14H13NO7S/c1-9-10(15(20)11-8-17-19(2)16(11)21)4-5-13(25(3,22)23)14(9)12-6-7-24-18-12;1-23(21,22)8-5-6-9(10(7-8)15(19)20)14(18)13-11(16)3-2-4-12(13)17/h4-5,8,21H,6-7H2,1-3H3;5-7,13H,2-4H2,1H3. The average Bonchev–Trinajstić information content (AvgIpc) is 3.65. The van der Waals surface area contributed by atoms with E-state index in [-0.39, 0.29) is 39.6 Å². The summed E-state index contributed by atoms with van der Waals surface area (Å²) in [6.45, 7) is 2.02. The zero-order valence-corrected chi connectivity index (χ0v) is 27.8. The number of hydrogen-bond donors (Lipinski definition) is 1. The number of aromatic hydroxyl groups is 1. The minimum Gasteiger partial charge on any atom is -0.493 e. The Hall–Kier alpha value is -5.10. The summed E-state index contributed by atoms with van der Waals surface area (Å²) in [7, 11) is -5.70. The second-order valence-corrected chi connectivity index (χ2v) is 15.1. The van der Waals surface area contributed by atoms with E-state index in [1.807, 2.05) is 0 Å². The molecule has 0 radical (unpaired) electrons. The second-order valence-electron chi connectivity index (χ2n) is 11.1. The van der Waals surface area contributed by atoms with Gasteiger partial charge in [0.15, 0.2) is 42.8 Å². The van der Waals surface area contributed by atoms with Crippen LogP contribution >= 0.6 is 0 Å². The maximum absolute atomic E-state index is 12.8. The van der Waals surface area contributed by atoms with Crippen LogP contribution in [0.25, 0.3) is 0 Å². The van der Waals surface area contributed by atoms with E-state index in [4.69, 9.17) is 4.84 Å². The number of hydrogen-bond acceptors (Lipinski definition) is 14. The van der Waals surface area contributed by atoms with E-state index >= 15 is 0 Å². The van der Waals surface area contributed by atoms with Crippen molar-refractivity contribution in [3.63, 3.8) is 0 Å². The summed E-state index contributed by atoms with van der Waals surface area (Å²) in [4.78, 5) is 63.9. The molecule has 48 heavy (non-hydrogen) atoms. The number of sulfone groups is 2. The predicted molar refractivity (Wildman–Crippen MR) is 168 cm³/mol. The highest BCUT2D eigenvalue weighted by molar-refractivity contribution is 7.91. The van der Waals surface area contributed by atoms with E-state index in [2.05, 4.69) is 10.3 Å². The van der Waals surface area contributed by atoms with Crippen LogP contribution < -0.4 is 0 Å². The van der Waals surface area contributed by atoms with Gasteiger partial charge in [0.05, 0.1) is 32.2 Å². The van der Waals surface area contributed by atoms with Crippen molar-refractivity contribution >= 4 is 54.2 Å². The van der Waals surface area contributed by atoms with Gasteiger partial charge in [-0.25, -0.2) is 21.5 Å². The molecule has 16 nitrogen and oxygen atoms in total. The zero-order valence-electron chi connectivity index (χ0n) is 26.1. The third kappa shape index (κ3) is 7.23. The Morgan fingerprint density at radius 3 is 2.10 bits per heavy atom. The Morgan fingerprint density at radius 1 is 0.979 bits per heavy atom. The molecular formula is C30H30N4O12S2. The third-order valence-corrected chi connectivity index (χ3v) is 9.98. The molecule has 1 fully saturated rings. The first kappa shape index (κ1) is 35.7. The number of benzene rings is 2. The quantitative estimate of drug-likeness (QED) is 0.154. The fourth-order valence-corrected chi connectivity index (χ4v) is 6.87. The Labute approximate surface area is 274 Å². The van der Waals surface area contributed by atoms with Gasteiger partial charge in [-0.05, 0) is 43.2 Å². The number of aromatic nitrogens is 2. The van der Waals surface area contributed by atoms with Gasteiger partial charge in [-0.2, -0.15) is 5.10 Å². The topological polar surface area (TPSA) is 239 Å². The maximum atomic E-state index is 12.8. The molecule has 2 aromatic carbocycles. The summed E-state index contributed by atoms with van der Waals surface area (Å²) in [6, 6.07) is 5.62. The van der Waals surface area contributed by atoms with Crippen LogP contribution in [-0.2, 0) is 41.1 Å². The van der Waals surface area contributed by atoms with Gasteiger partial charge in [0.25, 0.3) is 5.69 Å². The minimum absolute atomic E-state index is 0.0493. The molecule has 0 saturated heterocycles. The Bertz CT molecular complexity index is 2120. The number of nitro benzene ring substituents is 1. The van der Waals surface area contributed by atoms with Crippen LogP contribution in [0.15, 0.2) is 51.5 Å². The number of nitrogens with zero attached hydrogens (tertiary/aromatic N) is 4. The highest BCUT2D eigenvalue weighted by atomic mass is 32.2. The smallest absolute Gasteiger partial charge is 0.281 e. The normalized spacial score (nSPS) is 15.3. The lowest BCUT2D eigenvalue weighted by molar-refractivity contribution is -0.385. The Balaban J connectivity index is 0.000000218. The molecule has 5 rings (SSSR count). The molecule has 3 aromatic rings. The summed E-state index contributed by atoms with van der Waals surface area (Å²) < 4.78 is 48.4. The van der Waals surface area contributed by atoms with Gasteiger partial charge in [0.1, 0.15) is 18.1 Å². The fraction of sp³-hybridized carbons (Fsp3) is 0.333. The lowest BCUT2D eigenvalue weighted by Crippen LogP contribution is -2.35. The van der Waals surface area contributed by atoms with Crippen molar-refractivity contribution in [3.8, 4) is 5.88 Å². The van der Waals surface area contributed by atoms with Gasteiger partial charge in [-0.15, -0.1) is 0 Å². The molecular weight excluding hydrogens is 672 g/mol. The van der Waals surface area contributed by atoms with Gasteiger partial charge in [-0.3, -0.25) is 29.3 Å². The highest BCUT2D eigenvalue weighted by Crippen LogP contribution is 2.30. The number of carbonyl (C=O) groups excluding carboxylic acids is 4. The highest BCUT2D eigenvalue weighted by Gasteiger charge is 2.39. The van der Waals surface area contributed by atoms with Gasteiger partial charge < -0.3 is 9.94 Å². The fourth-order valence-electron chi connectivity index (χ4n) is 5.27. The molecule has 1 aliphatic heterocycles. The number of oxime groups is 1. The second kappa shape index (κ2) is 13.6. The van der Waals surface area contributed by atoms with Crippen molar-refractivity contribution in [2.45, 2.75) is 42.4 Å². The Morgan fingerprint density at radius 2 is 1.60 bits per heavy atom. The first-order valence-corrected chi connectivity index (χ1v) is 18.0. The van der Waals surface area contributed by atoms with Crippen molar-refractivity contribution < 1.29 is 50.9 Å². The number of rotatable bonds is 8. The first-order valence-electron chi connectivity index (χ1n) is 14.2. The molecule has 1 N–H and O–H groups in total. The van der Waals surface area contributed by atoms with E-state index in [1.165, 1.54) is 30.1 Å². The van der Waals surface area contributed by atoms with E-state index in [9.17, 15) is 51.2 Å². The maximum Gasteiger partial charge on any atom is 0.281 e. The monoisotopic (exact) mass is 702 g/mol. The number of aryl methyl sites for hydroxylation is 1. The van der Waals surface area contributed by atoms with Crippen LogP contribution in [0.1, 0.15) is 63.1 Å². The molecule has 1 aromatic heterocycles. The van der Waals surface area contributed by atoms with Crippen molar-refractivity contribution in [2.75, 3.05) is 19.1 Å². The van der Waals surface area contributed by atoms with Crippen LogP contribution in [0.3, 0.4) is 0 Å². The molecule has 1 saturated carbocycles. The lowest BCUT2D eigenvalue weighted by Gasteiger charge is -2.18.